The Labute approximate surface area is 165 Å². The van der Waals surface area contributed by atoms with Gasteiger partial charge in [-0.25, -0.2) is 0 Å². The van der Waals surface area contributed by atoms with Crippen molar-refractivity contribution in [2.75, 3.05) is 26.6 Å². The van der Waals surface area contributed by atoms with Gasteiger partial charge in [-0.2, -0.15) is 0 Å². The number of aromatic nitrogens is 1. The van der Waals surface area contributed by atoms with Crippen LogP contribution in [-0.2, 0) is 6.42 Å². The Morgan fingerprint density at radius 1 is 0.931 bits per heavy atom. The predicted octanol–water partition coefficient (Wildman–Crippen LogP) is 2.00. The minimum Gasteiger partial charge on any atom is -0.486 e. The molecule has 2 aliphatic heterocycles. The molecule has 3 heterocycles. The van der Waals surface area contributed by atoms with Crippen molar-refractivity contribution in [3.63, 3.8) is 0 Å². The number of rotatable bonds is 4. The van der Waals surface area contributed by atoms with Crippen molar-refractivity contribution in [3.8, 4) is 23.0 Å². The third kappa shape index (κ3) is 3.33. The number of fused-ring (bicyclic) bond motifs is 3. The minimum absolute atomic E-state index is 0.158. The van der Waals surface area contributed by atoms with Gasteiger partial charge in [0.15, 0.2) is 23.0 Å². The van der Waals surface area contributed by atoms with Crippen molar-refractivity contribution in [2.24, 2.45) is 0 Å². The smallest absolute Gasteiger partial charge is 0.251 e. The molecule has 2 aliphatic rings. The number of hydrogen-bond acceptors (Lipinski definition) is 6. The lowest BCUT2D eigenvalue weighted by molar-refractivity contribution is 0.0953. The molecule has 3 aromatic rings. The molecule has 0 aliphatic carbocycles. The minimum atomic E-state index is -0.236. The Morgan fingerprint density at radius 3 is 2.55 bits per heavy atom. The van der Waals surface area contributed by atoms with Crippen LogP contribution in [0.2, 0.25) is 0 Å². The van der Waals surface area contributed by atoms with Gasteiger partial charge in [0, 0.05) is 29.1 Å². The van der Waals surface area contributed by atoms with Crippen LogP contribution in [0.15, 0.2) is 41.2 Å². The summed E-state index contributed by atoms with van der Waals surface area (Å²) >= 11 is 0. The summed E-state index contributed by atoms with van der Waals surface area (Å²) < 4.78 is 21.7. The van der Waals surface area contributed by atoms with E-state index < -0.39 is 0 Å². The maximum atomic E-state index is 12.4. The summed E-state index contributed by atoms with van der Waals surface area (Å²) in [7, 11) is 0. The van der Waals surface area contributed by atoms with Gasteiger partial charge in [-0.1, -0.05) is 0 Å². The number of H-pyrrole nitrogens is 1. The molecule has 8 heteroatoms. The van der Waals surface area contributed by atoms with Crippen LogP contribution in [0.5, 0.6) is 23.0 Å². The van der Waals surface area contributed by atoms with Crippen LogP contribution in [0.25, 0.3) is 10.9 Å². The highest BCUT2D eigenvalue weighted by molar-refractivity contribution is 5.95. The zero-order valence-electron chi connectivity index (χ0n) is 15.4. The van der Waals surface area contributed by atoms with Crippen LogP contribution in [0, 0.1) is 0 Å². The molecule has 0 atom stereocenters. The van der Waals surface area contributed by atoms with Gasteiger partial charge in [-0.05, 0) is 36.8 Å². The number of ether oxygens (including phenoxy) is 4. The number of amides is 1. The first-order chi connectivity index (χ1) is 14.2. The molecule has 148 valence electrons. The molecule has 0 saturated heterocycles. The first-order valence-corrected chi connectivity index (χ1v) is 9.31. The topological polar surface area (TPSA) is 98.9 Å². The van der Waals surface area contributed by atoms with Crippen molar-refractivity contribution in [1.82, 2.24) is 10.3 Å². The Hall–Kier alpha value is -3.68. The first kappa shape index (κ1) is 17.4. The number of carbonyl (C=O) groups is 1. The van der Waals surface area contributed by atoms with Gasteiger partial charge in [-0.3, -0.25) is 9.59 Å². The number of pyridine rings is 1. The van der Waals surface area contributed by atoms with E-state index >= 15 is 0 Å². The standard InChI is InChI=1S/C21H18N2O6/c24-20(12-1-2-16-17(8-12)29-11-28-16)22-4-3-13-7-14-9-18-19(27-6-5-26-18)10-15(14)23-21(13)25/h1-2,7-10H,3-6,11H2,(H,22,24)(H,23,25). The molecule has 5 rings (SSSR count). The SMILES string of the molecule is O=C(NCCc1cc2cc3c(cc2[nH]c1=O)OCCO3)c1ccc2c(c1)OCO2. The molecule has 0 spiro atoms. The molecule has 1 amide bonds. The lowest BCUT2D eigenvalue weighted by Gasteiger charge is -2.18. The first-order valence-electron chi connectivity index (χ1n) is 9.31. The molecular formula is C21H18N2O6. The summed E-state index contributed by atoms with van der Waals surface area (Å²) in [5, 5.41) is 3.68. The Kier molecular flexibility index (Phi) is 4.23. The van der Waals surface area contributed by atoms with Gasteiger partial charge in [0.2, 0.25) is 6.79 Å². The van der Waals surface area contributed by atoms with Crippen LogP contribution in [0.4, 0.5) is 0 Å². The normalized spacial score (nSPS) is 14.1. The molecule has 0 radical (unpaired) electrons. The van der Waals surface area contributed by atoms with Crippen molar-refractivity contribution < 1.29 is 23.7 Å². The van der Waals surface area contributed by atoms with Gasteiger partial charge in [-0.15, -0.1) is 0 Å². The van der Waals surface area contributed by atoms with Crippen molar-refractivity contribution >= 4 is 16.8 Å². The second-order valence-electron chi connectivity index (χ2n) is 6.78. The molecule has 0 fully saturated rings. The third-order valence-corrected chi connectivity index (χ3v) is 4.90. The maximum Gasteiger partial charge on any atom is 0.251 e. The molecule has 0 unspecified atom stereocenters. The van der Waals surface area contributed by atoms with E-state index in [4.69, 9.17) is 18.9 Å². The van der Waals surface area contributed by atoms with Crippen LogP contribution < -0.4 is 29.8 Å². The van der Waals surface area contributed by atoms with Crippen molar-refractivity contribution in [3.05, 3.63) is 57.9 Å². The highest BCUT2D eigenvalue weighted by Crippen LogP contribution is 2.34. The average Bonchev–Trinajstić information content (AvgIpc) is 3.20. The van der Waals surface area contributed by atoms with E-state index in [0.29, 0.717) is 65.8 Å². The molecule has 2 aromatic carbocycles. The predicted molar refractivity (Wildman–Crippen MR) is 104 cm³/mol. The van der Waals surface area contributed by atoms with E-state index in [0.717, 1.165) is 5.39 Å². The largest absolute Gasteiger partial charge is 0.486 e. The monoisotopic (exact) mass is 394 g/mol. The fraction of sp³-hybridized carbons (Fsp3) is 0.238. The highest BCUT2D eigenvalue weighted by atomic mass is 16.7. The molecule has 0 bridgehead atoms. The Balaban J connectivity index is 1.29. The second kappa shape index (κ2) is 7.05. The summed E-state index contributed by atoms with van der Waals surface area (Å²) in [6, 6.07) is 10.5. The van der Waals surface area contributed by atoms with Gasteiger partial charge in [0.1, 0.15) is 13.2 Å². The van der Waals surface area contributed by atoms with Gasteiger partial charge in [0.05, 0.1) is 5.52 Å². The molecule has 1 aromatic heterocycles. The van der Waals surface area contributed by atoms with Crippen LogP contribution in [-0.4, -0.2) is 37.4 Å². The fourth-order valence-electron chi connectivity index (χ4n) is 3.42. The summed E-state index contributed by atoms with van der Waals surface area (Å²) in [5.74, 6) is 2.24. The van der Waals surface area contributed by atoms with E-state index in [1.165, 1.54) is 0 Å². The summed E-state index contributed by atoms with van der Waals surface area (Å²) in [6.07, 6.45) is 0.399. The fourth-order valence-corrected chi connectivity index (χ4v) is 3.42. The third-order valence-electron chi connectivity index (χ3n) is 4.90. The number of carbonyl (C=O) groups excluding carboxylic acids is 1. The number of nitrogens with one attached hydrogen (secondary N) is 2. The summed E-state index contributed by atoms with van der Waals surface area (Å²) in [4.78, 5) is 27.6. The highest BCUT2D eigenvalue weighted by Gasteiger charge is 2.17. The van der Waals surface area contributed by atoms with E-state index in [1.807, 2.05) is 12.1 Å². The number of hydrogen-bond donors (Lipinski definition) is 2. The Morgan fingerprint density at radius 2 is 1.69 bits per heavy atom. The lowest BCUT2D eigenvalue weighted by atomic mass is 10.1. The van der Waals surface area contributed by atoms with Gasteiger partial charge >= 0.3 is 0 Å². The molecule has 29 heavy (non-hydrogen) atoms. The molecule has 2 N–H and O–H groups in total. The van der Waals surface area contributed by atoms with E-state index in [9.17, 15) is 9.59 Å². The number of benzene rings is 2. The zero-order chi connectivity index (χ0) is 19.8. The van der Waals surface area contributed by atoms with Gasteiger partial charge < -0.3 is 29.2 Å². The Bertz CT molecular complexity index is 1170. The number of aromatic amines is 1. The molecule has 0 saturated carbocycles. The quantitative estimate of drug-likeness (QED) is 0.702. The molecular weight excluding hydrogens is 376 g/mol. The summed E-state index contributed by atoms with van der Waals surface area (Å²) in [6.45, 7) is 1.47. The lowest BCUT2D eigenvalue weighted by Crippen LogP contribution is -2.27. The maximum absolute atomic E-state index is 12.4. The van der Waals surface area contributed by atoms with Crippen LogP contribution in [0.3, 0.4) is 0 Å². The zero-order valence-corrected chi connectivity index (χ0v) is 15.4. The van der Waals surface area contributed by atoms with Crippen molar-refractivity contribution in [2.45, 2.75) is 6.42 Å². The van der Waals surface area contributed by atoms with Crippen LogP contribution in [0.1, 0.15) is 15.9 Å². The van der Waals surface area contributed by atoms with Crippen molar-refractivity contribution in [1.29, 1.82) is 0 Å². The average molecular weight is 394 g/mol. The van der Waals surface area contributed by atoms with E-state index in [1.54, 1.807) is 24.3 Å². The van der Waals surface area contributed by atoms with E-state index in [2.05, 4.69) is 10.3 Å². The second-order valence-corrected chi connectivity index (χ2v) is 6.78. The molecule has 8 nitrogen and oxygen atoms in total. The summed E-state index contributed by atoms with van der Waals surface area (Å²) in [5.41, 5.74) is 1.56. The van der Waals surface area contributed by atoms with Crippen LogP contribution >= 0.6 is 0 Å². The van der Waals surface area contributed by atoms with E-state index in [-0.39, 0.29) is 18.3 Å². The van der Waals surface area contributed by atoms with Gasteiger partial charge in [0.25, 0.3) is 11.5 Å².